The van der Waals surface area contributed by atoms with Crippen LogP contribution in [0.15, 0.2) is 72.8 Å². The summed E-state index contributed by atoms with van der Waals surface area (Å²) in [6, 6.07) is 21.4. The normalized spacial score (nSPS) is 13.4. The maximum absolute atomic E-state index is 13.1. The van der Waals surface area contributed by atoms with Gasteiger partial charge in [0, 0.05) is 16.7 Å². The fourth-order valence-corrected chi connectivity index (χ4v) is 3.45. The highest BCUT2D eigenvalue weighted by Gasteiger charge is 2.35. The predicted octanol–water partition coefficient (Wildman–Crippen LogP) is 4.75. The lowest BCUT2D eigenvalue weighted by Gasteiger charge is -2.27. The van der Waals surface area contributed by atoms with Gasteiger partial charge in [0.2, 0.25) is 5.78 Å². The second-order valence-corrected chi connectivity index (χ2v) is 6.78. The van der Waals surface area contributed by atoms with Crippen LogP contribution in [0, 0.1) is 0 Å². The van der Waals surface area contributed by atoms with Crippen molar-refractivity contribution < 1.29 is 23.8 Å². The molecule has 0 amide bonds. The Balaban J connectivity index is 1.59. The van der Waals surface area contributed by atoms with Gasteiger partial charge < -0.3 is 14.2 Å². The molecular formula is C24H20O5. The Labute approximate surface area is 168 Å². The zero-order valence-electron chi connectivity index (χ0n) is 16.1. The van der Waals surface area contributed by atoms with E-state index in [1.54, 1.807) is 38.3 Å². The van der Waals surface area contributed by atoms with E-state index in [-0.39, 0.29) is 5.78 Å². The summed E-state index contributed by atoms with van der Waals surface area (Å²) in [6.45, 7) is 1.58. The van der Waals surface area contributed by atoms with Gasteiger partial charge in [-0.2, -0.15) is 0 Å². The number of rotatable bonds is 5. The third kappa shape index (κ3) is 3.59. The number of hydrogen-bond acceptors (Lipinski definition) is 5. The van der Waals surface area contributed by atoms with E-state index < -0.39 is 18.0 Å². The number of Topliss-reactive ketones (excluding diaryl/α,β-unsaturated/α-hetero) is 1. The quantitative estimate of drug-likeness (QED) is 0.466. The molecule has 29 heavy (non-hydrogen) atoms. The molecule has 0 aromatic heterocycles. The van der Waals surface area contributed by atoms with Gasteiger partial charge in [-0.3, -0.25) is 9.59 Å². The number of hydrogen-bond donors (Lipinski definition) is 0. The van der Waals surface area contributed by atoms with E-state index in [0.29, 0.717) is 22.8 Å². The van der Waals surface area contributed by atoms with E-state index in [9.17, 15) is 9.59 Å². The molecule has 0 radical (unpaired) electrons. The van der Waals surface area contributed by atoms with Crippen molar-refractivity contribution in [3.8, 4) is 17.2 Å². The first kappa shape index (κ1) is 18.7. The minimum atomic E-state index is -0.918. The first-order valence-electron chi connectivity index (χ1n) is 9.33. The zero-order chi connectivity index (χ0) is 20.4. The van der Waals surface area contributed by atoms with Crippen LogP contribution in [0.1, 0.15) is 34.3 Å². The van der Waals surface area contributed by atoms with Crippen LogP contribution in [-0.4, -0.2) is 25.0 Å². The lowest BCUT2D eigenvalue weighted by atomic mass is 9.88. The molecule has 0 aliphatic carbocycles. The molecule has 1 aliphatic rings. The molecule has 146 valence electrons. The number of benzene rings is 3. The van der Waals surface area contributed by atoms with Gasteiger partial charge in [-0.05, 0) is 43.3 Å². The van der Waals surface area contributed by atoms with Crippen LogP contribution in [0.3, 0.4) is 0 Å². The van der Waals surface area contributed by atoms with Crippen LogP contribution in [0.4, 0.5) is 0 Å². The molecule has 1 atom stereocenters. The number of carbonyl (C=O) groups excluding carboxylic acids is 2. The third-order valence-corrected chi connectivity index (χ3v) is 4.95. The molecule has 0 fully saturated rings. The smallest absolute Gasteiger partial charge is 0.318 e. The minimum Gasteiger partial charge on any atom is -0.497 e. The van der Waals surface area contributed by atoms with Gasteiger partial charge >= 0.3 is 5.97 Å². The van der Waals surface area contributed by atoms with Gasteiger partial charge in [-0.15, -0.1) is 0 Å². The van der Waals surface area contributed by atoms with Crippen molar-refractivity contribution in [2.45, 2.75) is 18.9 Å². The van der Waals surface area contributed by atoms with E-state index in [1.807, 2.05) is 48.5 Å². The summed E-state index contributed by atoms with van der Waals surface area (Å²) in [5.41, 5.74) is 1.90. The molecule has 3 aromatic rings. The average Bonchev–Trinajstić information content (AvgIpc) is 2.76. The molecule has 0 bridgehead atoms. The summed E-state index contributed by atoms with van der Waals surface area (Å²) in [6.07, 6.45) is -0.918. The molecule has 1 aliphatic heterocycles. The van der Waals surface area contributed by atoms with E-state index in [1.165, 1.54) is 0 Å². The molecule has 0 saturated heterocycles. The number of ether oxygens (including phenoxy) is 3. The number of ketones is 1. The fraction of sp³-hybridized carbons (Fsp3) is 0.167. The van der Waals surface area contributed by atoms with Crippen LogP contribution in [0.25, 0.3) is 0 Å². The van der Waals surface area contributed by atoms with Crippen LogP contribution >= 0.6 is 0 Å². The number of para-hydroxylation sites is 2. The molecule has 0 spiro atoms. The van der Waals surface area contributed by atoms with E-state index in [4.69, 9.17) is 14.2 Å². The van der Waals surface area contributed by atoms with Crippen molar-refractivity contribution in [3.05, 3.63) is 89.5 Å². The van der Waals surface area contributed by atoms with Gasteiger partial charge in [0.25, 0.3) is 0 Å². The summed E-state index contributed by atoms with van der Waals surface area (Å²) < 4.78 is 16.6. The van der Waals surface area contributed by atoms with Crippen LogP contribution < -0.4 is 9.47 Å². The van der Waals surface area contributed by atoms with Crippen molar-refractivity contribution in [2.75, 3.05) is 7.11 Å². The largest absolute Gasteiger partial charge is 0.497 e. The van der Waals surface area contributed by atoms with Gasteiger partial charge in [-0.25, -0.2) is 0 Å². The van der Waals surface area contributed by atoms with Crippen molar-refractivity contribution in [2.24, 2.45) is 0 Å². The maximum Gasteiger partial charge on any atom is 0.318 e. The molecule has 0 unspecified atom stereocenters. The Morgan fingerprint density at radius 1 is 0.862 bits per heavy atom. The Hall–Kier alpha value is -3.60. The van der Waals surface area contributed by atoms with Crippen LogP contribution in [-0.2, 0) is 9.53 Å². The van der Waals surface area contributed by atoms with Crippen molar-refractivity contribution in [3.63, 3.8) is 0 Å². The minimum absolute atomic E-state index is 0.269. The van der Waals surface area contributed by atoms with Crippen molar-refractivity contribution in [1.82, 2.24) is 0 Å². The SMILES string of the molecule is COc1ccc(C(=O)[C@H](C)OC(=O)C2c3ccccc3Oc3ccccc32)cc1. The summed E-state index contributed by atoms with van der Waals surface area (Å²) in [4.78, 5) is 25.8. The molecule has 4 rings (SSSR count). The highest BCUT2D eigenvalue weighted by atomic mass is 16.5. The molecule has 0 saturated carbocycles. The van der Waals surface area contributed by atoms with Gasteiger partial charge in [-0.1, -0.05) is 36.4 Å². The average molecular weight is 388 g/mol. The molecule has 1 heterocycles. The summed E-state index contributed by atoms with van der Waals surface area (Å²) >= 11 is 0. The third-order valence-electron chi connectivity index (χ3n) is 4.95. The van der Waals surface area contributed by atoms with Crippen molar-refractivity contribution in [1.29, 1.82) is 0 Å². The first-order chi connectivity index (χ1) is 14.1. The second-order valence-electron chi connectivity index (χ2n) is 6.78. The number of carbonyl (C=O) groups is 2. The van der Waals surface area contributed by atoms with E-state index in [0.717, 1.165) is 11.1 Å². The van der Waals surface area contributed by atoms with E-state index >= 15 is 0 Å². The molecule has 3 aromatic carbocycles. The van der Waals surface area contributed by atoms with Gasteiger partial charge in [0.15, 0.2) is 6.10 Å². The lowest BCUT2D eigenvalue weighted by molar-refractivity contribution is -0.147. The molecular weight excluding hydrogens is 368 g/mol. The van der Waals surface area contributed by atoms with Crippen molar-refractivity contribution >= 4 is 11.8 Å². The highest BCUT2D eigenvalue weighted by molar-refractivity contribution is 6.00. The Morgan fingerprint density at radius 2 is 1.41 bits per heavy atom. The van der Waals surface area contributed by atoms with Crippen LogP contribution in [0.2, 0.25) is 0 Å². The predicted molar refractivity (Wildman–Crippen MR) is 108 cm³/mol. The summed E-state index contributed by atoms with van der Waals surface area (Å²) in [7, 11) is 1.56. The van der Waals surface area contributed by atoms with Gasteiger partial charge in [0.05, 0.1) is 7.11 Å². The standard InChI is InChI=1S/C24H20O5/c1-15(23(25)16-11-13-17(27-2)14-12-16)28-24(26)22-18-7-3-5-9-20(18)29-21-10-6-4-8-19(21)22/h3-15,22H,1-2H3/t15-/m0/s1. The lowest BCUT2D eigenvalue weighted by Crippen LogP contribution is -2.29. The summed E-state index contributed by atoms with van der Waals surface area (Å²) in [5.74, 6) is 0.477. The Bertz CT molecular complexity index is 1010. The molecule has 0 N–H and O–H groups in total. The van der Waals surface area contributed by atoms with Crippen LogP contribution in [0.5, 0.6) is 17.2 Å². The van der Waals surface area contributed by atoms with E-state index in [2.05, 4.69) is 0 Å². The molecule has 5 heteroatoms. The fourth-order valence-electron chi connectivity index (χ4n) is 3.45. The second kappa shape index (κ2) is 7.80. The first-order valence-corrected chi connectivity index (χ1v) is 9.33. The number of esters is 1. The zero-order valence-corrected chi connectivity index (χ0v) is 16.1. The topological polar surface area (TPSA) is 61.8 Å². The Morgan fingerprint density at radius 3 is 1.97 bits per heavy atom. The Kier molecular flexibility index (Phi) is 5.04. The number of fused-ring (bicyclic) bond motifs is 2. The number of methoxy groups -OCH3 is 1. The van der Waals surface area contributed by atoms with Gasteiger partial charge in [0.1, 0.15) is 23.2 Å². The molecule has 5 nitrogen and oxygen atoms in total. The highest BCUT2D eigenvalue weighted by Crippen LogP contribution is 2.44. The monoisotopic (exact) mass is 388 g/mol. The summed E-state index contributed by atoms with van der Waals surface area (Å²) in [5, 5.41) is 0. The maximum atomic E-state index is 13.1.